The van der Waals surface area contributed by atoms with Gasteiger partial charge in [0.25, 0.3) is 0 Å². The molecule has 0 saturated carbocycles. The first-order valence-corrected chi connectivity index (χ1v) is 7.25. The topological polar surface area (TPSA) is 79.3 Å². The second kappa shape index (κ2) is 7.40. The highest BCUT2D eigenvalue weighted by Gasteiger charge is 2.14. The number of pyridine rings is 1. The second-order valence-corrected chi connectivity index (χ2v) is 5.64. The second-order valence-electron chi connectivity index (χ2n) is 3.87. The van der Waals surface area contributed by atoms with Crippen LogP contribution >= 0.6 is 0 Å². The van der Waals surface area contributed by atoms with E-state index in [2.05, 4.69) is 9.71 Å². The lowest BCUT2D eigenvalue weighted by Gasteiger charge is -2.06. The van der Waals surface area contributed by atoms with Crippen LogP contribution in [0.2, 0.25) is 0 Å². The van der Waals surface area contributed by atoms with Gasteiger partial charge in [-0.15, -0.1) is 0 Å². The molecule has 5 nitrogen and oxygen atoms in total. The number of unbranched alkanes of at least 4 members (excludes halogenated alkanes) is 3. The maximum atomic E-state index is 12.8. The Bertz CT molecular complexity index is 465. The predicted molar refractivity (Wildman–Crippen MR) is 64.9 cm³/mol. The molecule has 7 heteroatoms. The summed E-state index contributed by atoms with van der Waals surface area (Å²) in [6.07, 6.45) is 5.16. The zero-order chi connectivity index (χ0) is 13.4. The molecule has 0 aromatic carbocycles. The van der Waals surface area contributed by atoms with Gasteiger partial charge in [0, 0.05) is 19.3 Å². The summed E-state index contributed by atoms with van der Waals surface area (Å²) in [5, 5.41) is 8.57. The number of hydrogen-bond acceptors (Lipinski definition) is 4. The molecule has 0 atom stereocenters. The highest BCUT2D eigenvalue weighted by molar-refractivity contribution is 7.89. The maximum absolute atomic E-state index is 12.8. The average molecular weight is 276 g/mol. The van der Waals surface area contributed by atoms with Gasteiger partial charge < -0.3 is 5.11 Å². The molecule has 0 spiro atoms. The Morgan fingerprint density at radius 3 is 2.61 bits per heavy atom. The van der Waals surface area contributed by atoms with E-state index >= 15 is 0 Å². The van der Waals surface area contributed by atoms with E-state index in [-0.39, 0.29) is 11.5 Å². The number of hydrogen-bond donors (Lipinski definition) is 2. The van der Waals surface area contributed by atoms with Crippen LogP contribution in [-0.2, 0) is 10.0 Å². The molecule has 2 N–H and O–H groups in total. The molecule has 0 unspecified atom stereocenters. The van der Waals surface area contributed by atoms with E-state index in [1.54, 1.807) is 0 Å². The summed E-state index contributed by atoms with van der Waals surface area (Å²) >= 11 is 0. The standard InChI is InChI=1S/C11H17FN2O3S/c12-10-7-11(9-13-8-10)18(16,17)14-5-3-1-2-4-6-15/h7-9,14-15H,1-6H2. The van der Waals surface area contributed by atoms with Gasteiger partial charge in [0.05, 0.1) is 6.20 Å². The Labute approximate surface area is 106 Å². The summed E-state index contributed by atoms with van der Waals surface area (Å²) in [4.78, 5) is 3.33. The van der Waals surface area contributed by atoms with Crippen LogP contribution in [0.1, 0.15) is 25.7 Å². The summed E-state index contributed by atoms with van der Waals surface area (Å²) in [6.45, 7) is 0.449. The number of sulfonamides is 1. The first-order valence-electron chi connectivity index (χ1n) is 5.77. The van der Waals surface area contributed by atoms with Crippen LogP contribution in [0.5, 0.6) is 0 Å². The normalized spacial score (nSPS) is 11.7. The van der Waals surface area contributed by atoms with E-state index in [0.717, 1.165) is 37.7 Å². The Hall–Kier alpha value is -1.05. The fraction of sp³-hybridized carbons (Fsp3) is 0.545. The number of rotatable bonds is 8. The number of aromatic nitrogens is 1. The fourth-order valence-corrected chi connectivity index (χ4v) is 2.47. The zero-order valence-electron chi connectivity index (χ0n) is 9.97. The number of nitrogens with one attached hydrogen (secondary N) is 1. The van der Waals surface area contributed by atoms with Crippen LogP contribution in [0.4, 0.5) is 4.39 Å². The third-order valence-electron chi connectivity index (χ3n) is 2.37. The lowest BCUT2D eigenvalue weighted by atomic mass is 10.2. The van der Waals surface area contributed by atoms with Crippen LogP contribution in [-0.4, -0.2) is 31.7 Å². The molecule has 1 aromatic heterocycles. The van der Waals surface area contributed by atoms with Gasteiger partial charge in [-0.05, 0) is 18.9 Å². The van der Waals surface area contributed by atoms with E-state index in [4.69, 9.17) is 5.11 Å². The molecule has 0 aliphatic rings. The molecule has 0 aliphatic heterocycles. The summed E-state index contributed by atoms with van der Waals surface area (Å²) in [5.41, 5.74) is 0. The van der Waals surface area contributed by atoms with E-state index in [1.807, 2.05) is 0 Å². The Morgan fingerprint density at radius 2 is 1.94 bits per heavy atom. The van der Waals surface area contributed by atoms with Crippen molar-refractivity contribution < 1.29 is 17.9 Å². The van der Waals surface area contributed by atoms with E-state index in [0.29, 0.717) is 13.0 Å². The molecule has 1 rings (SSSR count). The van der Waals surface area contributed by atoms with E-state index in [1.165, 1.54) is 0 Å². The smallest absolute Gasteiger partial charge is 0.242 e. The van der Waals surface area contributed by atoms with E-state index < -0.39 is 15.8 Å². The van der Waals surface area contributed by atoms with Gasteiger partial charge in [0.15, 0.2) is 0 Å². The van der Waals surface area contributed by atoms with Crippen molar-refractivity contribution in [3.8, 4) is 0 Å². The minimum Gasteiger partial charge on any atom is -0.396 e. The lowest BCUT2D eigenvalue weighted by Crippen LogP contribution is -2.25. The van der Waals surface area contributed by atoms with Crippen LogP contribution in [0.25, 0.3) is 0 Å². The first-order chi connectivity index (χ1) is 8.56. The fourth-order valence-electron chi connectivity index (χ4n) is 1.42. The van der Waals surface area contributed by atoms with Crippen LogP contribution in [0.3, 0.4) is 0 Å². The number of aliphatic hydroxyl groups is 1. The molecule has 1 aromatic rings. The van der Waals surface area contributed by atoms with Gasteiger partial charge in [0.2, 0.25) is 10.0 Å². The summed E-state index contributed by atoms with van der Waals surface area (Å²) in [6, 6.07) is 0.932. The Morgan fingerprint density at radius 1 is 1.22 bits per heavy atom. The van der Waals surface area contributed by atoms with E-state index in [9.17, 15) is 12.8 Å². The number of aliphatic hydroxyl groups excluding tert-OH is 1. The van der Waals surface area contributed by atoms with Gasteiger partial charge in [-0.2, -0.15) is 0 Å². The molecule has 18 heavy (non-hydrogen) atoms. The minimum atomic E-state index is -3.68. The SMILES string of the molecule is O=S(=O)(NCCCCCCO)c1cncc(F)c1. The highest BCUT2D eigenvalue weighted by atomic mass is 32.2. The molecule has 0 saturated heterocycles. The lowest BCUT2D eigenvalue weighted by molar-refractivity contribution is 0.282. The van der Waals surface area contributed by atoms with Crippen molar-refractivity contribution in [3.05, 3.63) is 24.3 Å². The predicted octanol–water partition coefficient (Wildman–Crippen LogP) is 1.05. The molecule has 0 aliphatic carbocycles. The van der Waals surface area contributed by atoms with Crippen molar-refractivity contribution in [2.45, 2.75) is 30.6 Å². The monoisotopic (exact) mass is 276 g/mol. The Kier molecular flexibility index (Phi) is 6.17. The van der Waals surface area contributed by atoms with Gasteiger partial charge in [-0.3, -0.25) is 4.98 Å². The summed E-state index contributed by atoms with van der Waals surface area (Å²) in [7, 11) is -3.68. The molecule has 1 heterocycles. The molecule has 102 valence electrons. The number of nitrogens with zero attached hydrogens (tertiary/aromatic N) is 1. The van der Waals surface area contributed by atoms with Gasteiger partial charge in [-0.25, -0.2) is 17.5 Å². The van der Waals surface area contributed by atoms with Crippen molar-refractivity contribution in [2.75, 3.05) is 13.2 Å². The van der Waals surface area contributed by atoms with Gasteiger partial charge in [0.1, 0.15) is 10.7 Å². The molecular formula is C11H17FN2O3S. The Balaban J connectivity index is 2.41. The summed E-state index contributed by atoms with van der Waals surface area (Å²) < 4.78 is 38.7. The quantitative estimate of drug-likeness (QED) is 0.696. The van der Waals surface area contributed by atoms with Crippen LogP contribution in [0, 0.1) is 5.82 Å². The molecular weight excluding hydrogens is 259 g/mol. The van der Waals surface area contributed by atoms with Crippen molar-refractivity contribution in [2.24, 2.45) is 0 Å². The van der Waals surface area contributed by atoms with Gasteiger partial charge >= 0.3 is 0 Å². The van der Waals surface area contributed by atoms with Crippen molar-refractivity contribution in [1.82, 2.24) is 9.71 Å². The van der Waals surface area contributed by atoms with Crippen molar-refractivity contribution in [3.63, 3.8) is 0 Å². The molecule has 0 bridgehead atoms. The largest absolute Gasteiger partial charge is 0.396 e. The van der Waals surface area contributed by atoms with Crippen molar-refractivity contribution in [1.29, 1.82) is 0 Å². The maximum Gasteiger partial charge on any atom is 0.242 e. The number of halogens is 1. The third kappa shape index (κ3) is 5.07. The zero-order valence-corrected chi connectivity index (χ0v) is 10.8. The highest BCUT2D eigenvalue weighted by Crippen LogP contribution is 2.08. The third-order valence-corrected chi connectivity index (χ3v) is 3.80. The summed E-state index contributed by atoms with van der Waals surface area (Å²) in [5.74, 6) is -0.680. The first kappa shape index (κ1) is 15.0. The molecule has 0 fully saturated rings. The van der Waals surface area contributed by atoms with Crippen LogP contribution in [0.15, 0.2) is 23.4 Å². The van der Waals surface area contributed by atoms with Gasteiger partial charge in [-0.1, -0.05) is 12.8 Å². The minimum absolute atomic E-state index is 0.153. The molecule has 0 amide bonds. The van der Waals surface area contributed by atoms with Crippen molar-refractivity contribution >= 4 is 10.0 Å². The average Bonchev–Trinajstić information content (AvgIpc) is 2.33. The molecule has 0 radical (unpaired) electrons. The van der Waals surface area contributed by atoms with Crippen LogP contribution < -0.4 is 4.72 Å².